The maximum Gasteiger partial charge on any atom is 0.319 e. The molecule has 1 aromatic carbocycles. The molecular weight excluding hydrogens is 256 g/mol. The molecule has 5 heteroatoms. The van der Waals surface area contributed by atoms with Gasteiger partial charge in [-0.05, 0) is 37.5 Å². The number of rotatable bonds is 5. The third-order valence-electron chi connectivity index (χ3n) is 3.08. The molecule has 2 amide bonds. The Morgan fingerprint density at radius 3 is 2.50 bits per heavy atom. The summed E-state index contributed by atoms with van der Waals surface area (Å²) >= 11 is 0. The first-order chi connectivity index (χ1) is 9.22. The Hall–Kier alpha value is -2.04. The van der Waals surface area contributed by atoms with Crippen LogP contribution in [0.3, 0.4) is 0 Å². The average Bonchev–Trinajstić information content (AvgIpc) is 2.36. The molecular formula is C15H22N2O3. The summed E-state index contributed by atoms with van der Waals surface area (Å²) in [6.07, 6.45) is 0. The highest BCUT2D eigenvalue weighted by Gasteiger charge is 2.27. The number of benzene rings is 1. The lowest BCUT2D eigenvalue weighted by molar-refractivity contribution is -0.146. The number of nitrogens with one attached hydrogen (secondary N) is 2. The topological polar surface area (TPSA) is 78.4 Å². The Bertz CT molecular complexity index is 496. The molecule has 0 aliphatic carbocycles. The van der Waals surface area contributed by atoms with Gasteiger partial charge in [-0.3, -0.25) is 4.79 Å². The molecule has 0 heterocycles. The van der Waals surface area contributed by atoms with Crippen LogP contribution in [0.2, 0.25) is 0 Å². The van der Waals surface area contributed by atoms with Crippen molar-refractivity contribution in [2.45, 2.75) is 33.6 Å². The summed E-state index contributed by atoms with van der Waals surface area (Å²) in [5.41, 5.74) is 0.840. The minimum atomic E-state index is -0.989. The van der Waals surface area contributed by atoms with Crippen molar-refractivity contribution in [3.63, 3.8) is 0 Å². The van der Waals surface area contributed by atoms with Crippen molar-refractivity contribution in [1.82, 2.24) is 5.32 Å². The van der Waals surface area contributed by atoms with Crippen molar-refractivity contribution in [2.24, 2.45) is 5.41 Å². The van der Waals surface area contributed by atoms with E-state index in [0.717, 1.165) is 5.56 Å². The molecule has 20 heavy (non-hydrogen) atoms. The lowest BCUT2D eigenvalue weighted by Crippen LogP contribution is -2.40. The Kier molecular flexibility index (Phi) is 5.13. The van der Waals surface area contributed by atoms with Crippen LogP contribution < -0.4 is 10.6 Å². The molecule has 0 radical (unpaired) electrons. The van der Waals surface area contributed by atoms with E-state index in [1.807, 2.05) is 18.2 Å². The van der Waals surface area contributed by atoms with E-state index in [4.69, 9.17) is 5.11 Å². The van der Waals surface area contributed by atoms with Gasteiger partial charge in [0.25, 0.3) is 0 Å². The third kappa shape index (κ3) is 4.57. The van der Waals surface area contributed by atoms with Crippen LogP contribution in [0, 0.1) is 5.41 Å². The zero-order valence-electron chi connectivity index (χ0n) is 12.4. The highest BCUT2D eigenvalue weighted by molar-refractivity contribution is 5.89. The van der Waals surface area contributed by atoms with Crippen LogP contribution in [0.15, 0.2) is 24.3 Å². The second kappa shape index (κ2) is 6.41. The van der Waals surface area contributed by atoms with Crippen LogP contribution in [0.25, 0.3) is 0 Å². The summed E-state index contributed by atoms with van der Waals surface area (Å²) in [4.78, 5) is 22.7. The fourth-order valence-electron chi connectivity index (χ4n) is 1.53. The van der Waals surface area contributed by atoms with Crippen LogP contribution in [0.1, 0.15) is 39.2 Å². The van der Waals surface area contributed by atoms with E-state index in [9.17, 15) is 9.59 Å². The van der Waals surface area contributed by atoms with Crippen LogP contribution in [-0.2, 0) is 4.79 Å². The molecule has 0 unspecified atom stereocenters. The van der Waals surface area contributed by atoms with Crippen molar-refractivity contribution in [2.75, 3.05) is 11.9 Å². The molecule has 0 aromatic heterocycles. The average molecular weight is 278 g/mol. The molecule has 0 aliphatic rings. The molecule has 0 saturated carbocycles. The first-order valence-electron chi connectivity index (χ1n) is 6.60. The van der Waals surface area contributed by atoms with Gasteiger partial charge in [-0.15, -0.1) is 0 Å². The lowest BCUT2D eigenvalue weighted by atomic mass is 9.94. The number of hydrogen-bond donors (Lipinski definition) is 3. The molecule has 0 spiro atoms. The van der Waals surface area contributed by atoms with Crippen LogP contribution in [0.4, 0.5) is 10.5 Å². The van der Waals surface area contributed by atoms with Crippen molar-refractivity contribution in [3.8, 4) is 0 Å². The highest BCUT2D eigenvalue weighted by atomic mass is 16.4. The van der Waals surface area contributed by atoms with E-state index in [0.29, 0.717) is 11.6 Å². The number of amides is 2. The van der Waals surface area contributed by atoms with E-state index in [-0.39, 0.29) is 6.54 Å². The van der Waals surface area contributed by atoms with Gasteiger partial charge in [0.05, 0.1) is 5.41 Å². The minimum Gasteiger partial charge on any atom is -0.481 e. The molecule has 3 N–H and O–H groups in total. The van der Waals surface area contributed by atoms with Crippen molar-refractivity contribution < 1.29 is 14.7 Å². The zero-order valence-corrected chi connectivity index (χ0v) is 12.4. The Balaban J connectivity index is 2.59. The standard InChI is InChI=1S/C15H22N2O3/c1-10(2)11-6-5-7-12(8-11)17-14(20)16-9-15(3,4)13(18)19/h5-8,10H,9H2,1-4H3,(H,18,19)(H2,16,17,20). The van der Waals surface area contributed by atoms with Gasteiger partial charge in [0, 0.05) is 12.2 Å². The summed E-state index contributed by atoms with van der Waals surface area (Å²) in [6, 6.07) is 7.19. The summed E-state index contributed by atoms with van der Waals surface area (Å²) in [5, 5.41) is 14.2. The van der Waals surface area contributed by atoms with Gasteiger partial charge in [-0.25, -0.2) is 4.79 Å². The van der Waals surface area contributed by atoms with E-state index >= 15 is 0 Å². The van der Waals surface area contributed by atoms with Gasteiger partial charge in [-0.1, -0.05) is 26.0 Å². The van der Waals surface area contributed by atoms with Gasteiger partial charge in [0.1, 0.15) is 0 Å². The van der Waals surface area contributed by atoms with Gasteiger partial charge < -0.3 is 15.7 Å². The summed E-state index contributed by atoms with van der Waals surface area (Å²) < 4.78 is 0. The third-order valence-corrected chi connectivity index (χ3v) is 3.08. The summed E-state index contributed by atoms with van der Waals surface area (Å²) in [7, 11) is 0. The zero-order chi connectivity index (χ0) is 15.3. The minimum absolute atomic E-state index is 0.0675. The molecule has 0 bridgehead atoms. The summed E-state index contributed by atoms with van der Waals surface area (Å²) in [5.74, 6) is -0.564. The highest BCUT2D eigenvalue weighted by Crippen LogP contribution is 2.18. The predicted octanol–water partition coefficient (Wildman–Crippen LogP) is 3.04. The first kappa shape index (κ1) is 16.0. The van der Waals surface area contributed by atoms with Crippen molar-refractivity contribution in [3.05, 3.63) is 29.8 Å². The molecule has 1 rings (SSSR count). The Labute approximate surface area is 119 Å². The maximum atomic E-state index is 11.7. The number of hydrogen-bond acceptors (Lipinski definition) is 2. The number of anilines is 1. The number of urea groups is 1. The Morgan fingerprint density at radius 2 is 1.95 bits per heavy atom. The number of carbonyl (C=O) groups is 2. The van der Waals surface area contributed by atoms with E-state index in [2.05, 4.69) is 24.5 Å². The normalized spacial score (nSPS) is 11.2. The van der Waals surface area contributed by atoms with Crippen LogP contribution in [-0.4, -0.2) is 23.7 Å². The number of carboxylic acid groups (broad SMARTS) is 1. The van der Waals surface area contributed by atoms with E-state index < -0.39 is 17.4 Å². The van der Waals surface area contributed by atoms with E-state index in [1.165, 1.54) is 0 Å². The van der Waals surface area contributed by atoms with Crippen molar-refractivity contribution >= 4 is 17.7 Å². The molecule has 5 nitrogen and oxygen atoms in total. The van der Waals surface area contributed by atoms with Gasteiger partial charge in [-0.2, -0.15) is 0 Å². The molecule has 0 saturated heterocycles. The fraction of sp³-hybridized carbons (Fsp3) is 0.467. The van der Waals surface area contributed by atoms with Gasteiger partial charge in [0.2, 0.25) is 0 Å². The quantitative estimate of drug-likeness (QED) is 0.774. The Morgan fingerprint density at radius 1 is 1.30 bits per heavy atom. The van der Waals surface area contributed by atoms with Crippen molar-refractivity contribution in [1.29, 1.82) is 0 Å². The van der Waals surface area contributed by atoms with Crippen LogP contribution >= 0.6 is 0 Å². The first-order valence-corrected chi connectivity index (χ1v) is 6.60. The number of carbonyl (C=O) groups excluding carboxylic acids is 1. The lowest BCUT2D eigenvalue weighted by Gasteiger charge is -2.19. The molecule has 110 valence electrons. The predicted molar refractivity (Wildman–Crippen MR) is 79.0 cm³/mol. The number of aliphatic carboxylic acids is 1. The molecule has 0 atom stereocenters. The number of carboxylic acids is 1. The van der Waals surface area contributed by atoms with Gasteiger partial charge >= 0.3 is 12.0 Å². The van der Waals surface area contributed by atoms with E-state index in [1.54, 1.807) is 19.9 Å². The molecule has 1 aromatic rings. The molecule has 0 aliphatic heterocycles. The fourth-order valence-corrected chi connectivity index (χ4v) is 1.53. The van der Waals surface area contributed by atoms with Gasteiger partial charge in [0.15, 0.2) is 0 Å². The maximum absolute atomic E-state index is 11.7. The molecule has 0 fully saturated rings. The largest absolute Gasteiger partial charge is 0.481 e. The second-order valence-corrected chi connectivity index (χ2v) is 5.78. The summed E-state index contributed by atoms with van der Waals surface area (Å²) in [6.45, 7) is 7.35. The second-order valence-electron chi connectivity index (χ2n) is 5.78. The SMILES string of the molecule is CC(C)c1cccc(NC(=O)NCC(C)(C)C(=O)O)c1. The monoisotopic (exact) mass is 278 g/mol. The smallest absolute Gasteiger partial charge is 0.319 e. The van der Waals surface area contributed by atoms with Crippen LogP contribution in [0.5, 0.6) is 0 Å².